The molecule has 0 fully saturated rings. The van der Waals surface area contributed by atoms with E-state index >= 15 is 0 Å². The summed E-state index contributed by atoms with van der Waals surface area (Å²) in [5, 5.41) is 0.538. The molecule has 0 radical (unpaired) electrons. The molecule has 0 saturated carbocycles. The van der Waals surface area contributed by atoms with Gasteiger partial charge in [0, 0.05) is 38.0 Å². The third-order valence-corrected chi connectivity index (χ3v) is 3.45. The molecule has 0 aliphatic carbocycles. The fourth-order valence-corrected chi connectivity index (χ4v) is 2.25. The monoisotopic (exact) mass is 290 g/mol. The molecule has 106 valence electrons. The van der Waals surface area contributed by atoms with Gasteiger partial charge in [0.05, 0.1) is 0 Å². The van der Waals surface area contributed by atoms with Gasteiger partial charge in [-0.05, 0) is 25.0 Å². The number of nitrogens with zero attached hydrogens (tertiary/aromatic N) is 4. The first-order valence-corrected chi connectivity index (χ1v) is 7.12. The van der Waals surface area contributed by atoms with Crippen molar-refractivity contribution in [3.05, 3.63) is 46.6 Å². The minimum Gasteiger partial charge on any atom is -0.355 e. The molecule has 4 nitrogen and oxygen atoms in total. The molecule has 2 heterocycles. The molecule has 0 N–H and O–H groups in total. The molecule has 0 atom stereocenters. The summed E-state index contributed by atoms with van der Waals surface area (Å²) >= 11 is 6.21. The maximum atomic E-state index is 6.21. The molecule has 0 spiro atoms. The number of aryl methyl sites for hydroxylation is 1. The van der Waals surface area contributed by atoms with Crippen molar-refractivity contribution in [3.63, 3.8) is 0 Å². The Kier molecular flexibility index (Phi) is 4.90. The zero-order valence-electron chi connectivity index (χ0n) is 12.1. The van der Waals surface area contributed by atoms with Gasteiger partial charge in [-0.2, -0.15) is 0 Å². The molecule has 5 heteroatoms. The van der Waals surface area contributed by atoms with Crippen LogP contribution in [0.25, 0.3) is 0 Å². The molecule has 0 aliphatic heterocycles. The van der Waals surface area contributed by atoms with Crippen LogP contribution in [0, 0.1) is 6.92 Å². The van der Waals surface area contributed by atoms with Crippen LogP contribution < -0.4 is 4.90 Å². The van der Waals surface area contributed by atoms with Gasteiger partial charge in [-0.1, -0.05) is 24.6 Å². The smallest absolute Gasteiger partial charge is 0.137 e. The van der Waals surface area contributed by atoms with Crippen molar-refractivity contribution >= 4 is 17.4 Å². The van der Waals surface area contributed by atoms with Crippen molar-refractivity contribution in [3.8, 4) is 0 Å². The lowest BCUT2D eigenvalue weighted by Crippen LogP contribution is -2.20. The van der Waals surface area contributed by atoms with Gasteiger partial charge in [0.1, 0.15) is 16.8 Å². The third kappa shape index (κ3) is 3.45. The summed E-state index contributed by atoms with van der Waals surface area (Å²) in [6.07, 6.45) is 5.48. The molecule has 0 aromatic carbocycles. The van der Waals surface area contributed by atoms with Crippen molar-refractivity contribution in [2.75, 3.05) is 11.9 Å². The minimum atomic E-state index is 0.538. The average molecular weight is 291 g/mol. The van der Waals surface area contributed by atoms with E-state index in [1.165, 1.54) is 0 Å². The molecule has 20 heavy (non-hydrogen) atoms. The van der Waals surface area contributed by atoms with Gasteiger partial charge in [0.15, 0.2) is 0 Å². The maximum Gasteiger partial charge on any atom is 0.137 e. The molecule has 0 saturated heterocycles. The average Bonchev–Trinajstić information content (AvgIpc) is 2.44. The minimum absolute atomic E-state index is 0.538. The largest absolute Gasteiger partial charge is 0.355 e. The highest BCUT2D eigenvalue weighted by molar-refractivity contribution is 6.30. The zero-order valence-corrected chi connectivity index (χ0v) is 12.9. The van der Waals surface area contributed by atoms with E-state index in [-0.39, 0.29) is 0 Å². The van der Waals surface area contributed by atoms with Crippen molar-refractivity contribution < 1.29 is 0 Å². The summed E-state index contributed by atoms with van der Waals surface area (Å²) in [6, 6.07) is 3.99. The summed E-state index contributed by atoms with van der Waals surface area (Å²) < 4.78 is 0. The lowest BCUT2D eigenvalue weighted by atomic mass is 10.2. The summed E-state index contributed by atoms with van der Waals surface area (Å²) in [5.74, 6) is 1.69. The fraction of sp³-hybridized carbons (Fsp3) is 0.400. The molecule has 2 rings (SSSR count). The Morgan fingerprint density at radius 1 is 1.30 bits per heavy atom. The van der Waals surface area contributed by atoms with Gasteiger partial charge in [0.25, 0.3) is 0 Å². The van der Waals surface area contributed by atoms with Crippen LogP contribution in [0.15, 0.2) is 24.5 Å². The van der Waals surface area contributed by atoms with E-state index in [0.717, 1.165) is 42.2 Å². The second-order valence-corrected chi connectivity index (χ2v) is 5.20. The standard InChI is InChI=1S/C15H19ClN4/c1-4-6-13-18-14(16)11(2)15(19-13)20(3)10-12-7-5-8-17-9-12/h5,7-9H,4,6,10H2,1-3H3. The second-order valence-electron chi connectivity index (χ2n) is 4.85. The number of hydrogen-bond acceptors (Lipinski definition) is 4. The second kappa shape index (κ2) is 6.66. The van der Waals surface area contributed by atoms with Gasteiger partial charge < -0.3 is 4.90 Å². The Morgan fingerprint density at radius 3 is 2.75 bits per heavy atom. The van der Waals surface area contributed by atoms with Gasteiger partial charge in [0.2, 0.25) is 0 Å². The first kappa shape index (κ1) is 14.7. The fourth-order valence-electron chi connectivity index (χ4n) is 2.07. The van der Waals surface area contributed by atoms with Crippen LogP contribution in [-0.4, -0.2) is 22.0 Å². The SMILES string of the molecule is CCCc1nc(Cl)c(C)c(N(C)Cc2cccnc2)n1. The van der Waals surface area contributed by atoms with Crippen LogP contribution in [0.3, 0.4) is 0 Å². The molecule has 0 aliphatic rings. The predicted molar refractivity (Wildman–Crippen MR) is 82.1 cm³/mol. The van der Waals surface area contributed by atoms with Gasteiger partial charge >= 0.3 is 0 Å². The lowest BCUT2D eigenvalue weighted by molar-refractivity contribution is 0.805. The van der Waals surface area contributed by atoms with Crippen molar-refractivity contribution in [1.82, 2.24) is 15.0 Å². The highest BCUT2D eigenvalue weighted by Gasteiger charge is 2.13. The Morgan fingerprint density at radius 2 is 2.10 bits per heavy atom. The van der Waals surface area contributed by atoms with Crippen LogP contribution in [0.5, 0.6) is 0 Å². The maximum absolute atomic E-state index is 6.21. The van der Waals surface area contributed by atoms with Crippen LogP contribution >= 0.6 is 11.6 Å². The number of pyridine rings is 1. The van der Waals surface area contributed by atoms with Crippen molar-refractivity contribution in [2.24, 2.45) is 0 Å². The Balaban J connectivity index is 2.26. The van der Waals surface area contributed by atoms with E-state index in [1.807, 2.05) is 26.2 Å². The summed E-state index contributed by atoms with van der Waals surface area (Å²) in [4.78, 5) is 15.2. The van der Waals surface area contributed by atoms with E-state index in [4.69, 9.17) is 11.6 Å². The Labute approximate surface area is 124 Å². The van der Waals surface area contributed by atoms with Crippen LogP contribution in [0.4, 0.5) is 5.82 Å². The molecular weight excluding hydrogens is 272 g/mol. The Hall–Kier alpha value is -1.68. The van der Waals surface area contributed by atoms with Crippen LogP contribution in [-0.2, 0) is 13.0 Å². The highest BCUT2D eigenvalue weighted by Crippen LogP contribution is 2.24. The van der Waals surface area contributed by atoms with E-state index in [2.05, 4.69) is 32.8 Å². The number of anilines is 1. The third-order valence-electron chi connectivity index (χ3n) is 3.08. The van der Waals surface area contributed by atoms with Crippen LogP contribution in [0.2, 0.25) is 5.15 Å². The van der Waals surface area contributed by atoms with Gasteiger partial charge in [-0.25, -0.2) is 9.97 Å². The topological polar surface area (TPSA) is 41.9 Å². The number of halogens is 1. The highest BCUT2D eigenvalue weighted by atomic mass is 35.5. The van der Waals surface area contributed by atoms with Crippen molar-refractivity contribution in [1.29, 1.82) is 0 Å². The lowest BCUT2D eigenvalue weighted by Gasteiger charge is -2.21. The molecular formula is C15H19ClN4. The molecule has 0 amide bonds. The summed E-state index contributed by atoms with van der Waals surface area (Å²) in [5.41, 5.74) is 2.05. The van der Waals surface area contributed by atoms with E-state index in [0.29, 0.717) is 5.15 Å². The van der Waals surface area contributed by atoms with E-state index < -0.39 is 0 Å². The van der Waals surface area contributed by atoms with E-state index in [1.54, 1.807) is 6.20 Å². The van der Waals surface area contributed by atoms with Gasteiger partial charge in [-0.15, -0.1) is 0 Å². The summed E-state index contributed by atoms with van der Waals surface area (Å²) in [7, 11) is 2.01. The molecule has 2 aromatic rings. The predicted octanol–water partition coefficient (Wildman–Crippen LogP) is 3.42. The first-order valence-electron chi connectivity index (χ1n) is 6.75. The van der Waals surface area contributed by atoms with Crippen molar-refractivity contribution in [2.45, 2.75) is 33.2 Å². The quantitative estimate of drug-likeness (QED) is 0.791. The molecule has 2 aromatic heterocycles. The summed E-state index contributed by atoms with van der Waals surface area (Å²) in [6.45, 7) is 4.80. The van der Waals surface area contributed by atoms with E-state index in [9.17, 15) is 0 Å². The van der Waals surface area contributed by atoms with Gasteiger partial charge in [-0.3, -0.25) is 4.98 Å². The van der Waals surface area contributed by atoms with Crippen LogP contribution in [0.1, 0.15) is 30.3 Å². The first-order chi connectivity index (χ1) is 9.61. The number of hydrogen-bond donors (Lipinski definition) is 0. The Bertz CT molecular complexity index is 572. The normalized spacial score (nSPS) is 10.6. The molecule has 0 bridgehead atoms. The molecule has 0 unspecified atom stereocenters. The zero-order chi connectivity index (χ0) is 14.5. The number of rotatable bonds is 5. The number of aromatic nitrogens is 3.